The van der Waals surface area contributed by atoms with Crippen molar-refractivity contribution in [2.24, 2.45) is 4.99 Å². The third kappa shape index (κ3) is 6.92. The Kier molecular flexibility index (Phi) is 8.31. The smallest absolute Gasteiger partial charge is 0.243 e. The van der Waals surface area contributed by atoms with E-state index in [0.29, 0.717) is 25.0 Å². The van der Waals surface area contributed by atoms with E-state index in [1.807, 2.05) is 0 Å². The third-order valence-electron chi connectivity index (χ3n) is 4.21. The van der Waals surface area contributed by atoms with Gasteiger partial charge in [0, 0.05) is 32.6 Å². The average molecular weight is 382 g/mol. The molecule has 1 atom stereocenters. The Bertz CT molecular complexity index is 594. The van der Waals surface area contributed by atoms with E-state index in [1.165, 1.54) is 6.42 Å². The molecule has 0 bridgehead atoms. The van der Waals surface area contributed by atoms with Crippen LogP contribution in [0.1, 0.15) is 49.7 Å². The number of nitrogens with zero attached hydrogens (tertiary/aromatic N) is 3. The number of aromatic nitrogens is 1. The molecule has 7 nitrogen and oxygen atoms in total. The van der Waals surface area contributed by atoms with Crippen LogP contribution in [0.4, 0.5) is 0 Å². The lowest BCUT2D eigenvalue weighted by molar-refractivity contribution is -0.127. The second-order valence-corrected chi connectivity index (χ2v) is 7.94. The fraction of sp³-hybridized carbons (Fsp3) is 0.722. The normalized spacial score (nSPS) is 18.0. The number of guanidine groups is 1. The number of hydrogen-bond acceptors (Lipinski definition) is 5. The molecular weight excluding hydrogens is 350 g/mol. The summed E-state index contributed by atoms with van der Waals surface area (Å²) < 4.78 is 5.75. The molecule has 2 N–H and O–H groups in total. The number of amides is 1. The largest absolute Gasteiger partial charge is 0.376 e. The van der Waals surface area contributed by atoms with Crippen LogP contribution >= 0.6 is 11.3 Å². The zero-order valence-corrected chi connectivity index (χ0v) is 17.1. The molecule has 1 unspecified atom stereocenters. The van der Waals surface area contributed by atoms with Gasteiger partial charge < -0.3 is 20.3 Å². The number of carbonyl (C=O) groups excluding carboxylic acids is 1. The Morgan fingerprint density at radius 2 is 2.23 bits per heavy atom. The number of likely N-dealkylation sites (N-methyl/N-ethyl adjacent to an activating group) is 1. The molecule has 1 amide bonds. The van der Waals surface area contributed by atoms with E-state index < -0.39 is 0 Å². The molecule has 146 valence electrons. The van der Waals surface area contributed by atoms with E-state index >= 15 is 0 Å². The van der Waals surface area contributed by atoms with E-state index in [-0.39, 0.29) is 18.6 Å². The first-order valence-corrected chi connectivity index (χ1v) is 10.1. The highest BCUT2D eigenvalue weighted by atomic mass is 32.1. The number of nitrogens with one attached hydrogen (secondary N) is 2. The number of aliphatic imine (C=N–C) groups is 1. The van der Waals surface area contributed by atoms with Crippen LogP contribution < -0.4 is 10.6 Å². The van der Waals surface area contributed by atoms with Crippen molar-refractivity contribution < 1.29 is 9.53 Å². The first-order chi connectivity index (χ1) is 12.5. The second kappa shape index (κ2) is 10.5. The van der Waals surface area contributed by atoms with Crippen molar-refractivity contribution in [1.82, 2.24) is 20.5 Å². The topological polar surface area (TPSA) is 78.9 Å². The molecule has 1 aliphatic heterocycles. The fourth-order valence-electron chi connectivity index (χ4n) is 2.47. The number of thiazole rings is 1. The van der Waals surface area contributed by atoms with Crippen LogP contribution in [0.25, 0.3) is 0 Å². The first-order valence-electron chi connectivity index (χ1n) is 9.24. The van der Waals surface area contributed by atoms with Crippen molar-refractivity contribution in [3.8, 4) is 0 Å². The van der Waals surface area contributed by atoms with Crippen molar-refractivity contribution in [2.75, 3.05) is 33.8 Å². The van der Waals surface area contributed by atoms with Gasteiger partial charge in [0.1, 0.15) is 11.6 Å². The molecule has 0 spiro atoms. The van der Waals surface area contributed by atoms with Gasteiger partial charge in [0.25, 0.3) is 0 Å². The van der Waals surface area contributed by atoms with E-state index in [9.17, 15) is 4.79 Å². The van der Waals surface area contributed by atoms with E-state index in [1.54, 1.807) is 30.3 Å². The van der Waals surface area contributed by atoms with Gasteiger partial charge in [-0.25, -0.2) is 9.98 Å². The number of rotatable bonds is 7. The number of ether oxygens (including phenoxy) is 1. The Hall–Kier alpha value is -1.67. The molecule has 1 aromatic rings. The zero-order valence-electron chi connectivity index (χ0n) is 16.2. The van der Waals surface area contributed by atoms with Crippen LogP contribution in [-0.4, -0.2) is 61.6 Å². The lowest BCUT2D eigenvalue weighted by atomic mass is 10.1. The lowest BCUT2D eigenvalue weighted by Crippen LogP contribution is -2.43. The Morgan fingerprint density at radius 3 is 2.85 bits per heavy atom. The van der Waals surface area contributed by atoms with Crippen LogP contribution in [0.3, 0.4) is 0 Å². The molecule has 0 radical (unpaired) electrons. The van der Waals surface area contributed by atoms with Crippen molar-refractivity contribution in [3.05, 3.63) is 16.1 Å². The van der Waals surface area contributed by atoms with E-state index in [0.717, 1.165) is 30.2 Å². The van der Waals surface area contributed by atoms with Crippen LogP contribution in [0.15, 0.2) is 10.4 Å². The van der Waals surface area contributed by atoms with Gasteiger partial charge in [-0.2, -0.15) is 0 Å². The van der Waals surface area contributed by atoms with Crippen molar-refractivity contribution in [3.63, 3.8) is 0 Å². The summed E-state index contributed by atoms with van der Waals surface area (Å²) in [5.41, 5.74) is 1.11. The number of carbonyl (C=O) groups is 1. The molecule has 0 aliphatic carbocycles. The molecule has 0 aromatic carbocycles. The summed E-state index contributed by atoms with van der Waals surface area (Å²) in [6.45, 7) is 6.49. The standard InChI is InChI=1S/C18H31N5O2S/c1-13(2)15-12-26-16(22-15)10-20-18(21-11-17(24)23(3)4)19-9-14-7-5-6-8-25-14/h12-14H,5-11H2,1-4H3,(H2,19,20,21). The Labute approximate surface area is 160 Å². The van der Waals surface area contributed by atoms with Crippen molar-refractivity contribution in [2.45, 2.75) is 51.7 Å². The van der Waals surface area contributed by atoms with Gasteiger partial charge in [0.05, 0.1) is 18.3 Å². The van der Waals surface area contributed by atoms with Gasteiger partial charge in [0.2, 0.25) is 5.91 Å². The molecule has 2 heterocycles. The minimum Gasteiger partial charge on any atom is -0.376 e. The summed E-state index contributed by atoms with van der Waals surface area (Å²) in [6, 6.07) is 0. The monoisotopic (exact) mass is 381 g/mol. The third-order valence-corrected chi connectivity index (χ3v) is 5.08. The molecule has 8 heteroatoms. The zero-order chi connectivity index (χ0) is 18.9. The van der Waals surface area contributed by atoms with E-state index in [2.05, 4.69) is 39.8 Å². The summed E-state index contributed by atoms with van der Waals surface area (Å²) in [7, 11) is 3.47. The van der Waals surface area contributed by atoms with Crippen molar-refractivity contribution in [1.29, 1.82) is 0 Å². The van der Waals surface area contributed by atoms with Gasteiger partial charge in [-0.05, 0) is 25.2 Å². The Balaban J connectivity index is 1.91. The van der Waals surface area contributed by atoms with Gasteiger partial charge in [0.15, 0.2) is 5.96 Å². The van der Waals surface area contributed by atoms with Gasteiger partial charge in [-0.3, -0.25) is 4.79 Å². The first kappa shape index (κ1) is 20.6. The average Bonchev–Trinajstić information content (AvgIpc) is 3.11. The summed E-state index contributed by atoms with van der Waals surface area (Å²) in [6.07, 6.45) is 3.59. The second-order valence-electron chi connectivity index (χ2n) is 7.00. The lowest BCUT2D eigenvalue weighted by Gasteiger charge is -2.23. The molecule has 0 saturated carbocycles. The highest BCUT2D eigenvalue weighted by Gasteiger charge is 2.15. The molecule has 1 aliphatic rings. The Morgan fingerprint density at radius 1 is 1.42 bits per heavy atom. The summed E-state index contributed by atoms with van der Waals surface area (Å²) >= 11 is 1.64. The fourth-order valence-corrected chi connectivity index (χ4v) is 3.37. The predicted octanol–water partition coefficient (Wildman–Crippen LogP) is 1.96. The maximum atomic E-state index is 11.8. The van der Waals surface area contributed by atoms with Gasteiger partial charge in [-0.1, -0.05) is 13.8 Å². The van der Waals surface area contributed by atoms with Gasteiger partial charge >= 0.3 is 0 Å². The molecule has 1 aromatic heterocycles. The van der Waals surface area contributed by atoms with Gasteiger partial charge in [-0.15, -0.1) is 11.3 Å². The summed E-state index contributed by atoms with van der Waals surface area (Å²) in [4.78, 5) is 22.4. The SMILES string of the molecule is CC(C)c1csc(CNC(=NCC(=O)N(C)C)NCC2CCCCO2)n1. The predicted molar refractivity (Wildman–Crippen MR) is 106 cm³/mol. The quantitative estimate of drug-likeness (QED) is 0.558. The minimum atomic E-state index is -0.0311. The highest BCUT2D eigenvalue weighted by molar-refractivity contribution is 7.09. The van der Waals surface area contributed by atoms with E-state index in [4.69, 9.17) is 4.74 Å². The minimum absolute atomic E-state index is 0.0311. The maximum Gasteiger partial charge on any atom is 0.243 e. The summed E-state index contributed by atoms with van der Waals surface area (Å²) in [5, 5.41) is 9.69. The number of hydrogen-bond donors (Lipinski definition) is 2. The van der Waals surface area contributed by atoms with Crippen LogP contribution in [0.5, 0.6) is 0 Å². The van der Waals surface area contributed by atoms with Crippen LogP contribution in [-0.2, 0) is 16.1 Å². The molecule has 1 fully saturated rings. The van der Waals surface area contributed by atoms with Crippen molar-refractivity contribution >= 4 is 23.2 Å². The highest BCUT2D eigenvalue weighted by Crippen LogP contribution is 2.17. The summed E-state index contributed by atoms with van der Waals surface area (Å²) in [5.74, 6) is 1.01. The molecular formula is C18H31N5O2S. The molecule has 26 heavy (non-hydrogen) atoms. The van der Waals surface area contributed by atoms with Crippen LogP contribution in [0.2, 0.25) is 0 Å². The molecule has 2 rings (SSSR count). The maximum absolute atomic E-state index is 11.8. The van der Waals surface area contributed by atoms with Crippen LogP contribution in [0, 0.1) is 0 Å². The molecule has 1 saturated heterocycles.